The van der Waals surface area contributed by atoms with Crippen molar-refractivity contribution < 1.29 is 0 Å². The number of fused-ring (bicyclic) bond motifs is 1. The van der Waals surface area contributed by atoms with Crippen LogP contribution in [0.2, 0.25) is 0 Å². The van der Waals surface area contributed by atoms with Crippen LogP contribution in [0, 0.1) is 23.2 Å². The second-order valence-corrected chi connectivity index (χ2v) is 3.57. The summed E-state index contributed by atoms with van der Waals surface area (Å²) >= 11 is 0. The van der Waals surface area contributed by atoms with Gasteiger partial charge in [-0.2, -0.15) is 5.26 Å². The Labute approximate surface area is 78.3 Å². The van der Waals surface area contributed by atoms with Gasteiger partial charge in [-0.05, 0) is 18.8 Å². The van der Waals surface area contributed by atoms with E-state index in [0.29, 0.717) is 12.0 Å². The minimum absolute atomic E-state index is 0.0288. The molecule has 0 bridgehead atoms. The maximum atomic E-state index is 8.77. The molecule has 0 aromatic rings. The molecule has 3 unspecified atom stereocenters. The summed E-state index contributed by atoms with van der Waals surface area (Å²) in [5.74, 6) is 0.561. The monoisotopic (exact) mass is 172 g/mol. The van der Waals surface area contributed by atoms with E-state index >= 15 is 0 Å². The summed E-state index contributed by atoms with van der Waals surface area (Å²) < 4.78 is 0. The molecule has 0 aromatic carbocycles. The first-order valence-electron chi connectivity index (χ1n) is 4.66. The molecule has 1 aliphatic heterocycles. The molecule has 0 fully saturated rings. The molecule has 0 aromatic heterocycles. The molecule has 2 heteroatoms. The summed E-state index contributed by atoms with van der Waals surface area (Å²) in [6, 6.07) is 2.57. The molecule has 3 atom stereocenters. The third-order valence-electron chi connectivity index (χ3n) is 2.64. The third kappa shape index (κ3) is 1.70. The molecule has 66 valence electrons. The molecule has 1 aliphatic carbocycles. The second kappa shape index (κ2) is 3.57. The van der Waals surface area contributed by atoms with Gasteiger partial charge in [0, 0.05) is 6.21 Å². The molecule has 0 N–H and O–H groups in total. The number of hydrogen-bond donors (Lipinski definition) is 0. The van der Waals surface area contributed by atoms with Crippen LogP contribution in [0.25, 0.3) is 0 Å². The highest BCUT2D eigenvalue weighted by Crippen LogP contribution is 2.27. The SMILES string of the molecule is N#CC1C=NC2C=CC=CCC2C1. The van der Waals surface area contributed by atoms with E-state index in [-0.39, 0.29) is 5.92 Å². The Bertz CT molecular complexity index is 307. The Morgan fingerprint density at radius 3 is 3.15 bits per heavy atom. The Balaban J connectivity index is 2.17. The van der Waals surface area contributed by atoms with Crippen LogP contribution in [-0.4, -0.2) is 12.3 Å². The molecule has 0 spiro atoms. The highest BCUT2D eigenvalue weighted by molar-refractivity contribution is 5.65. The van der Waals surface area contributed by atoms with Crippen molar-refractivity contribution in [3.63, 3.8) is 0 Å². The van der Waals surface area contributed by atoms with Gasteiger partial charge in [0.05, 0.1) is 18.0 Å². The van der Waals surface area contributed by atoms with Gasteiger partial charge in [0.15, 0.2) is 0 Å². The lowest BCUT2D eigenvalue weighted by Gasteiger charge is -2.24. The van der Waals surface area contributed by atoms with Gasteiger partial charge >= 0.3 is 0 Å². The molecule has 13 heavy (non-hydrogen) atoms. The third-order valence-corrected chi connectivity index (χ3v) is 2.64. The molecular weight excluding hydrogens is 160 g/mol. The van der Waals surface area contributed by atoms with Gasteiger partial charge in [0.2, 0.25) is 0 Å². The molecule has 2 rings (SSSR count). The molecule has 2 nitrogen and oxygen atoms in total. The minimum Gasteiger partial charge on any atom is -0.288 e. The van der Waals surface area contributed by atoms with Crippen LogP contribution in [0.3, 0.4) is 0 Å². The van der Waals surface area contributed by atoms with Gasteiger partial charge in [0.1, 0.15) is 0 Å². The van der Waals surface area contributed by atoms with Crippen molar-refractivity contribution in [1.82, 2.24) is 0 Å². The first-order chi connectivity index (χ1) is 6.40. The summed E-state index contributed by atoms with van der Waals surface area (Å²) in [5.41, 5.74) is 0. The smallest absolute Gasteiger partial charge is 0.0815 e. The fourth-order valence-corrected chi connectivity index (χ4v) is 1.89. The van der Waals surface area contributed by atoms with E-state index in [2.05, 4.69) is 35.4 Å². The Kier molecular flexibility index (Phi) is 2.27. The summed E-state index contributed by atoms with van der Waals surface area (Å²) in [6.07, 6.45) is 12.2. The van der Waals surface area contributed by atoms with Crippen LogP contribution in [0.15, 0.2) is 29.3 Å². The number of nitrogens with zero attached hydrogens (tertiary/aromatic N) is 2. The second-order valence-electron chi connectivity index (χ2n) is 3.57. The van der Waals surface area contributed by atoms with Crippen molar-refractivity contribution in [1.29, 1.82) is 5.26 Å². The highest BCUT2D eigenvalue weighted by Gasteiger charge is 2.25. The zero-order valence-electron chi connectivity index (χ0n) is 7.43. The Morgan fingerprint density at radius 2 is 2.31 bits per heavy atom. The van der Waals surface area contributed by atoms with Gasteiger partial charge in [-0.25, -0.2) is 0 Å². The van der Waals surface area contributed by atoms with Crippen LogP contribution in [0.1, 0.15) is 12.8 Å². The topological polar surface area (TPSA) is 36.1 Å². The maximum absolute atomic E-state index is 8.77. The van der Waals surface area contributed by atoms with Gasteiger partial charge in [-0.1, -0.05) is 24.3 Å². The summed E-state index contributed by atoms with van der Waals surface area (Å²) in [7, 11) is 0. The fourth-order valence-electron chi connectivity index (χ4n) is 1.89. The molecule has 0 radical (unpaired) electrons. The average molecular weight is 172 g/mol. The first-order valence-corrected chi connectivity index (χ1v) is 4.66. The predicted octanol–water partition coefficient (Wildman–Crippen LogP) is 2.10. The molecular formula is C11H12N2. The van der Waals surface area contributed by atoms with Crippen molar-refractivity contribution in [3.05, 3.63) is 24.3 Å². The lowest BCUT2D eigenvalue weighted by Crippen LogP contribution is -2.24. The molecule has 0 saturated carbocycles. The first kappa shape index (κ1) is 8.25. The van der Waals surface area contributed by atoms with Gasteiger partial charge < -0.3 is 0 Å². The van der Waals surface area contributed by atoms with Crippen LogP contribution < -0.4 is 0 Å². The summed E-state index contributed by atoms with van der Waals surface area (Å²) in [6.45, 7) is 0. The van der Waals surface area contributed by atoms with Gasteiger partial charge in [0.25, 0.3) is 0 Å². The van der Waals surface area contributed by atoms with E-state index in [4.69, 9.17) is 5.26 Å². The Hall–Kier alpha value is -1.36. The lowest BCUT2D eigenvalue weighted by molar-refractivity contribution is 0.414. The largest absolute Gasteiger partial charge is 0.288 e. The van der Waals surface area contributed by atoms with Crippen LogP contribution in [-0.2, 0) is 0 Å². The van der Waals surface area contributed by atoms with E-state index in [1.807, 2.05) is 0 Å². The van der Waals surface area contributed by atoms with E-state index in [9.17, 15) is 0 Å². The zero-order valence-corrected chi connectivity index (χ0v) is 7.43. The predicted molar refractivity (Wildman–Crippen MR) is 52.4 cm³/mol. The van der Waals surface area contributed by atoms with E-state index in [1.54, 1.807) is 6.21 Å². The number of nitriles is 1. The molecule has 0 amide bonds. The van der Waals surface area contributed by atoms with Crippen LogP contribution in [0.4, 0.5) is 0 Å². The number of rotatable bonds is 0. The van der Waals surface area contributed by atoms with Crippen LogP contribution in [0.5, 0.6) is 0 Å². The summed E-state index contributed by atoms with van der Waals surface area (Å²) in [5, 5.41) is 8.77. The fraction of sp³-hybridized carbons (Fsp3) is 0.455. The van der Waals surface area contributed by atoms with Crippen molar-refractivity contribution in [2.75, 3.05) is 0 Å². The van der Waals surface area contributed by atoms with Crippen molar-refractivity contribution in [2.24, 2.45) is 16.8 Å². The Morgan fingerprint density at radius 1 is 1.38 bits per heavy atom. The van der Waals surface area contributed by atoms with Crippen molar-refractivity contribution in [3.8, 4) is 6.07 Å². The number of allylic oxidation sites excluding steroid dienone is 3. The standard InChI is InChI=1S/C11H12N2/c12-7-9-6-10-4-2-1-3-5-11(10)13-8-9/h1-3,5,8-11H,4,6H2. The van der Waals surface area contributed by atoms with Crippen LogP contribution >= 0.6 is 0 Å². The lowest BCUT2D eigenvalue weighted by atomic mass is 9.85. The van der Waals surface area contributed by atoms with Gasteiger partial charge in [-0.3, -0.25) is 4.99 Å². The highest BCUT2D eigenvalue weighted by atomic mass is 14.8. The zero-order chi connectivity index (χ0) is 9.10. The van der Waals surface area contributed by atoms with Crippen molar-refractivity contribution in [2.45, 2.75) is 18.9 Å². The minimum atomic E-state index is 0.0288. The molecule has 1 heterocycles. The normalized spacial score (nSPS) is 36.4. The average Bonchev–Trinajstić information content (AvgIpc) is 2.41. The summed E-state index contributed by atoms with van der Waals surface area (Å²) in [4.78, 5) is 4.39. The van der Waals surface area contributed by atoms with E-state index < -0.39 is 0 Å². The quantitative estimate of drug-likeness (QED) is 0.551. The van der Waals surface area contributed by atoms with Gasteiger partial charge in [-0.15, -0.1) is 0 Å². The number of aliphatic imine (C=N–C) groups is 1. The van der Waals surface area contributed by atoms with E-state index in [0.717, 1.165) is 12.8 Å². The van der Waals surface area contributed by atoms with Crippen molar-refractivity contribution >= 4 is 6.21 Å². The maximum Gasteiger partial charge on any atom is 0.0815 e. The number of hydrogen-bond acceptors (Lipinski definition) is 2. The molecule has 2 aliphatic rings. The molecule has 0 saturated heterocycles. The van der Waals surface area contributed by atoms with E-state index in [1.165, 1.54) is 0 Å².